The summed E-state index contributed by atoms with van der Waals surface area (Å²) in [6.45, 7) is 4.56. The minimum Gasteiger partial charge on any atom is -0.296 e. The highest BCUT2D eigenvalue weighted by Gasteiger charge is 2.18. The molecular weight excluding hydrogens is 272 g/mol. The Balaban J connectivity index is 1.80. The smallest absolute Gasteiger partial charge is 0.275 e. The van der Waals surface area contributed by atoms with Crippen LogP contribution in [0.3, 0.4) is 0 Å². The van der Waals surface area contributed by atoms with Gasteiger partial charge in [-0.05, 0) is 45.6 Å². The molecule has 20 heavy (non-hydrogen) atoms. The number of rotatable bonds is 3. The third-order valence-electron chi connectivity index (χ3n) is 3.50. The molecule has 0 unspecified atom stereocenters. The summed E-state index contributed by atoms with van der Waals surface area (Å²) in [7, 11) is 0. The van der Waals surface area contributed by atoms with Crippen LogP contribution in [0.1, 0.15) is 46.5 Å². The van der Waals surface area contributed by atoms with Gasteiger partial charge in [-0.2, -0.15) is 5.10 Å². The monoisotopic (exact) mass is 290 g/mol. The molecule has 1 amide bonds. The molecule has 2 aromatic heterocycles. The number of anilines is 1. The van der Waals surface area contributed by atoms with E-state index in [1.54, 1.807) is 16.0 Å². The standard InChI is InChI=1S/C14H18N4OS/c1-3-18-11(8-9(2)17-18)13(19)16-14-15-10-6-4-5-7-12(10)20-14/h8H,3-7H2,1-2H3,(H,15,16,19). The van der Waals surface area contributed by atoms with Crippen molar-refractivity contribution < 1.29 is 4.79 Å². The van der Waals surface area contributed by atoms with Crippen molar-refractivity contribution in [2.75, 3.05) is 5.32 Å². The zero-order valence-electron chi connectivity index (χ0n) is 11.8. The molecule has 1 N–H and O–H groups in total. The fraction of sp³-hybridized carbons (Fsp3) is 0.500. The van der Waals surface area contributed by atoms with Crippen molar-refractivity contribution in [3.05, 3.63) is 28.0 Å². The van der Waals surface area contributed by atoms with Gasteiger partial charge in [0.15, 0.2) is 5.13 Å². The van der Waals surface area contributed by atoms with Crippen molar-refractivity contribution in [2.24, 2.45) is 0 Å². The first-order valence-corrected chi connectivity index (χ1v) is 7.83. The number of hydrogen-bond donors (Lipinski definition) is 1. The number of carbonyl (C=O) groups is 1. The van der Waals surface area contributed by atoms with E-state index in [0.717, 1.165) is 24.2 Å². The lowest BCUT2D eigenvalue weighted by Crippen LogP contribution is -2.17. The van der Waals surface area contributed by atoms with Crippen LogP contribution in [-0.4, -0.2) is 20.7 Å². The Morgan fingerprint density at radius 2 is 2.25 bits per heavy atom. The van der Waals surface area contributed by atoms with E-state index in [9.17, 15) is 4.79 Å². The van der Waals surface area contributed by atoms with Gasteiger partial charge < -0.3 is 0 Å². The van der Waals surface area contributed by atoms with E-state index >= 15 is 0 Å². The Bertz CT molecular complexity index is 620. The Labute approximate surface area is 122 Å². The highest BCUT2D eigenvalue weighted by molar-refractivity contribution is 7.15. The van der Waals surface area contributed by atoms with Crippen molar-refractivity contribution >= 4 is 22.4 Å². The second kappa shape index (κ2) is 5.36. The van der Waals surface area contributed by atoms with Gasteiger partial charge in [0.05, 0.1) is 11.4 Å². The van der Waals surface area contributed by atoms with Crippen molar-refractivity contribution in [3.63, 3.8) is 0 Å². The zero-order valence-corrected chi connectivity index (χ0v) is 12.6. The summed E-state index contributed by atoms with van der Waals surface area (Å²) in [5.74, 6) is -0.126. The quantitative estimate of drug-likeness (QED) is 0.945. The lowest BCUT2D eigenvalue weighted by Gasteiger charge is -2.06. The minimum atomic E-state index is -0.126. The van der Waals surface area contributed by atoms with Gasteiger partial charge in [0.1, 0.15) is 5.69 Å². The number of thiazole rings is 1. The highest BCUT2D eigenvalue weighted by Crippen LogP contribution is 2.29. The molecule has 5 nitrogen and oxygen atoms in total. The van der Waals surface area contributed by atoms with Gasteiger partial charge in [-0.3, -0.25) is 14.8 Å². The molecular formula is C14H18N4OS. The maximum atomic E-state index is 12.3. The number of fused-ring (bicyclic) bond motifs is 1. The average Bonchev–Trinajstić information content (AvgIpc) is 3.00. The summed E-state index contributed by atoms with van der Waals surface area (Å²) in [6, 6.07) is 1.81. The summed E-state index contributed by atoms with van der Waals surface area (Å²) in [4.78, 5) is 18.2. The van der Waals surface area contributed by atoms with Gasteiger partial charge in [0.2, 0.25) is 0 Å². The van der Waals surface area contributed by atoms with Crippen LogP contribution in [0.4, 0.5) is 5.13 Å². The Morgan fingerprint density at radius 1 is 1.45 bits per heavy atom. The molecule has 0 radical (unpaired) electrons. The second-order valence-electron chi connectivity index (χ2n) is 5.04. The lowest BCUT2D eigenvalue weighted by molar-refractivity contribution is 0.101. The fourth-order valence-electron chi connectivity index (χ4n) is 2.54. The molecule has 2 heterocycles. The fourth-order valence-corrected chi connectivity index (χ4v) is 3.58. The third-order valence-corrected chi connectivity index (χ3v) is 4.57. The van der Waals surface area contributed by atoms with Gasteiger partial charge in [0, 0.05) is 11.4 Å². The normalized spacial score (nSPS) is 14.1. The maximum Gasteiger partial charge on any atom is 0.275 e. The predicted octanol–water partition coefficient (Wildman–Crippen LogP) is 2.80. The number of nitrogens with one attached hydrogen (secondary N) is 1. The van der Waals surface area contributed by atoms with E-state index in [-0.39, 0.29) is 5.91 Å². The Kier molecular flexibility index (Phi) is 3.56. The van der Waals surface area contributed by atoms with Crippen molar-refractivity contribution in [1.82, 2.24) is 14.8 Å². The number of amides is 1. The van der Waals surface area contributed by atoms with Crippen LogP contribution in [0.15, 0.2) is 6.07 Å². The Hall–Kier alpha value is -1.69. The van der Waals surface area contributed by atoms with Crippen molar-refractivity contribution in [3.8, 4) is 0 Å². The molecule has 3 rings (SSSR count). The molecule has 6 heteroatoms. The van der Waals surface area contributed by atoms with E-state index < -0.39 is 0 Å². The molecule has 0 bridgehead atoms. The third kappa shape index (κ3) is 2.47. The molecule has 0 fully saturated rings. The van der Waals surface area contributed by atoms with Crippen molar-refractivity contribution in [2.45, 2.75) is 46.1 Å². The molecule has 0 saturated carbocycles. The first-order chi connectivity index (χ1) is 9.67. The molecule has 106 valence electrons. The number of nitrogens with zero attached hydrogens (tertiary/aromatic N) is 3. The molecule has 0 spiro atoms. The molecule has 0 atom stereocenters. The SMILES string of the molecule is CCn1nc(C)cc1C(=O)Nc1nc2c(s1)CCCC2. The minimum absolute atomic E-state index is 0.126. The van der Waals surface area contributed by atoms with Crippen molar-refractivity contribution in [1.29, 1.82) is 0 Å². The summed E-state index contributed by atoms with van der Waals surface area (Å²) in [5.41, 5.74) is 2.62. The van der Waals surface area contributed by atoms with Gasteiger partial charge >= 0.3 is 0 Å². The largest absolute Gasteiger partial charge is 0.296 e. The molecule has 0 saturated heterocycles. The van der Waals surface area contributed by atoms with E-state index in [1.165, 1.54) is 17.7 Å². The maximum absolute atomic E-state index is 12.3. The van der Waals surface area contributed by atoms with E-state index in [4.69, 9.17) is 0 Å². The van der Waals surface area contributed by atoms with Crippen LogP contribution in [0.2, 0.25) is 0 Å². The summed E-state index contributed by atoms with van der Waals surface area (Å²) < 4.78 is 1.72. The van der Waals surface area contributed by atoms with Gasteiger partial charge in [-0.15, -0.1) is 11.3 Å². The zero-order chi connectivity index (χ0) is 14.1. The van der Waals surface area contributed by atoms with Gasteiger partial charge in [-0.25, -0.2) is 4.98 Å². The molecule has 0 aromatic carbocycles. The predicted molar refractivity (Wildman–Crippen MR) is 79.3 cm³/mol. The first kappa shape index (κ1) is 13.3. The van der Waals surface area contributed by atoms with Crippen LogP contribution >= 0.6 is 11.3 Å². The number of aromatic nitrogens is 3. The van der Waals surface area contributed by atoms with Crippen LogP contribution in [0.5, 0.6) is 0 Å². The average molecular weight is 290 g/mol. The van der Waals surface area contributed by atoms with E-state index in [2.05, 4.69) is 15.4 Å². The van der Waals surface area contributed by atoms with E-state index in [0.29, 0.717) is 17.4 Å². The first-order valence-electron chi connectivity index (χ1n) is 7.01. The van der Waals surface area contributed by atoms with E-state index in [1.807, 2.05) is 19.9 Å². The molecule has 1 aliphatic carbocycles. The highest BCUT2D eigenvalue weighted by atomic mass is 32.1. The molecule has 1 aliphatic rings. The van der Waals surface area contributed by atoms with Crippen LogP contribution in [-0.2, 0) is 19.4 Å². The van der Waals surface area contributed by atoms with Crippen LogP contribution in [0, 0.1) is 6.92 Å². The summed E-state index contributed by atoms with van der Waals surface area (Å²) in [6.07, 6.45) is 4.55. The van der Waals surface area contributed by atoms with Crippen LogP contribution in [0.25, 0.3) is 0 Å². The second-order valence-corrected chi connectivity index (χ2v) is 6.12. The number of carbonyl (C=O) groups excluding carboxylic acids is 1. The number of aryl methyl sites for hydroxylation is 4. The Morgan fingerprint density at radius 3 is 3.00 bits per heavy atom. The molecule has 2 aromatic rings. The van der Waals surface area contributed by atoms with Gasteiger partial charge in [-0.1, -0.05) is 0 Å². The van der Waals surface area contributed by atoms with Gasteiger partial charge in [0.25, 0.3) is 5.91 Å². The summed E-state index contributed by atoms with van der Waals surface area (Å²) in [5, 5.41) is 7.92. The lowest BCUT2D eigenvalue weighted by atomic mass is 10.0. The summed E-state index contributed by atoms with van der Waals surface area (Å²) >= 11 is 1.61. The number of hydrogen-bond acceptors (Lipinski definition) is 4. The molecule has 0 aliphatic heterocycles. The topological polar surface area (TPSA) is 59.8 Å². The van der Waals surface area contributed by atoms with Crippen LogP contribution < -0.4 is 5.32 Å².